The Kier molecular flexibility index (Phi) is 4.29. The summed E-state index contributed by atoms with van der Waals surface area (Å²) in [7, 11) is -4.57. The van der Waals surface area contributed by atoms with Crippen molar-refractivity contribution in [2.45, 2.75) is 19.8 Å². The summed E-state index contributed by atoms with van der Waals surface area (Å²) in [5.41, 5.74) is 2.71. The summed E-state index contributed by atoms with van der Waals surface area (Å²) < 4.78 is 15.9. The SMILES string of the molecule is CC(C)c1ccccc1-c1ccccc1OP(=O)(O)O. The first-order chi connectivity index (χ1) is 9.38. The summed E-state index contributed by atoms with van der Waals surface area (Å²) in [5, 5.41) is 0. The van der Waals surface area contributed by atoms with Gasteiger partial charge in [0.05, 0.1) is 0 Å². The maximum atomic E-state index is 11.1. The molecule has 0 aliphatic carbocycles. The van der Waals surface area contributed by atoms with Gasteiger partial charge < -0.3 is 4.52 Å². The van der Waals surface area contributed by atoms with Crippen molar-refractivity contribution in [1.82, 2.24) is 0 Å². The molecule has 0 unspecified atom stereocenters. The van der Waals surface area contributed by atoms with Crippen molar-refractivity contribution in [3.05, 3.63) is 54.1 Å². The second kappa shape index (κ2) is 5.80. The number of phosphoric acid groups is 1. The van der Waals surface area contributed by atoms with Gasteiger partial charge in [0.2, 0.25) is 0 Å². The molecule has 0 fully saturated rings. The van der Waals surface area contributed by atoms with Crippen molar-refractivity contribution in [3.63, 3.8) is 0 Å². The minimum absolute atomic E-state index is 0.189. The van der Waals surface area contributed by atoms with Crippen molar-refractivity contribution < 1.29 is 18.9 Å². The normalized spacial score (nSPS) is 11.7. The second-order valence-corrected chi connectivity index (χ2v) is 5.98. The van der Waals surface area contributed by atoms with Gasteiger partial charge in [0.25, 0.3) is 0 Å². The molecule has 2 aromatic carbocycles. The highest BCUT2D eigenvalue weighted by Gasteiger charge is 2.20. The van der Waals surface area contributed by atoms with E-state index in [1.54, 1.807) is 18.2 Å². The Bertz CT molecular complexity index is 646. The molecule has 106 valence electrons. The van der Waals surface area contributed by atoms with Gasteiger partial charge in [0, 0.05) is 5.56 Å². The molecule has 0 atom stereocenters. The van der Waals surface area contributed by atoms with Crippen LogP contribution in [0.4, 0.5) is 0 Å². The summed E-state index contributed by atoms with van der Waals surface area (Å²) >= 11 is 0. The first-order valence-corrected chi connectivity index (χ1v) is 7.85. The van der Waals surface area contributed by atoms with Crippen LogP contribution in [0.15, 0.2) is 48.5 Å². The van der Waals surface area contributed by atoms with Crippen LogP contribution in [0.2, 0.25) is 0 Å². The van der Waals surface area contributed by atoms with Crippen LogP contribution in [-0.2, 0) is 4.57 Å². The van der Waals surface area contributed by atoms with Crippen molar-refractivity contribution in [1.29, 1.82) is 0 Å². The number of hydrogen-bond donors (Lipinski definition) is 2. The Morgan fingerprint density at radius 2 is 1.50 bits per heavy atom. The third-order valence-electron chi connectivity index (χ3n) is 2.98. The highest BCUT2D eigenvalue weighted by molar-refractivity contribution is 7.46. The molecule has 2 aromatic rings. The zero-order valence-corrected chi connectivity index (χ0v) is 12.2. The van der Waals surface area contributed by atoms with E-state index in [0.29, 0.717) is 11.5 Å². The van der Waals surface area contributed by atoms with E-state index in [-0.39, 0.29) is 5.75 Å². The molecular weight excluding hydrogens is 275 g/mol. The summed E-state index contributed by atoms with van der Waals surface area (Å²) in [6.07, 6.45) is 0. The van der Waals surface area contributed by atoms with Crippen LogP contribution in [0.25, 0.3) is 11.1 Å². The van der Waals surface area contributed by atoms with Gasteiger partial charge in [0.15, 0.2) is 0 Å². The second-order valence-electron chi connectivity index (χ2n) is 4.82. The maximum Gasteiger partial charge on any atom is 0.524 e. The third kappa shape index (κ3) is 3.48. The standard InChI is InChI=1S/C15H17O4P/c1-11(2)12-7-3-4-8-13(12)14-9-5-6-10-15(14)19-20(16,17)18/h3-11H,1-2H3,(H2,16,17,18). The fraction of sp³-hybridized carbons (Fsp3) is 0.200. The average Bonchev–Trinajstić information content (AvgIpc) is 2.37. The molecule has 20 heavy (non-hydrogen) atoms. The fourth-order valence-corrected chi connectivity index (χ4v) is 2.56. The largest absolute Gasteiger partial charge is 0.524 e. The highest BCUT2D eigenvalue weighted by Crippen LogP contribution is 2.43. The molecule has 0 saturated heterocycles. The van der Waals surface area contributed by atoms with Gasteiger partial charge in [0.1, 0.15) is 5.75 Å². The minimum Gasteiger partial charge on any atom is -0.404 e. The molecule has 0 radical (unpaired) electrons. The Labute approximate surface area is 118 Å². The number of phosphoric ester groups is 1. The molecule has 0 aromatic heterocycles. The Morgan fingerprint density at radius 3 is 2.10 bits per heavy atom. The zero-order valence-electron chi connectivity index (χ0n) is 11.4. The molecule has 2 rings (SSSR count). The van der Waals surface area contributed by atoms with Crippen LogP contribution in [0.5, 0.6) is 5.75 Å². The third-order valence-corrected chi connectivity index (χ3v) is 3.41. The smallest absolute Gasteiger partial charge is 0.404 e. The van der Waals surface area contributed by atoms with Crippen LogP contribution in [-0.4, -0.2) is 9.79 Å². The number of rotatable bonds is 4. The average molecular weight is 292 g/mol. The molecule has 5 heteroatoms. The van der Waals surface area contributed by atoms with Crippen LogP contribution < -0.4 is 4.52 Å². The van der Waals surface area contributed by atoms with E-state index in [1.165, 1.54) is 0 Å². The lowest BCUT2D eigenvalue weighted by Gasteiger charge is -2.16. The van der Waals surface area contributed by atoms with Crippen LogP contribution in [0.3, 0.4) is 0 Å². The molecule has 4 nitrogen and oxygen atoms in total. The highest BCUT2D eigenvalue weighted by atomic mass is 31.2. The Morgan fingerprint density at radius 1 is 0.950 bits per heavy atom. The van der Waals surface area contributed by atoms with E-state index in [4.69, 9.17) is 14.3 Å². The van der Waals surface area contributed by atoms with E-state index >= 15 is 0 Å². The van der Waals surface area contributed by atoms with Crippen molar-refractivity contribution in [3.8, 4) is 16.9 Å². The van der Waals surface area contributed by atoms with E-state index in [9.17, 15) is 4.57 Å². The van der Waals surface area contributed by atoms with Gasteiger partial charge in [-0.2, -0.15) is 0 Å². The first kappa shape index (κ1) is 14.8. The molecule has 2 N–H and O–H groups in total. The molecular formula is C15H17O4P. The topological polar surface area (TPSA) is 66.8 Å². The van der Waals surface area contributed by atoms with E-state index in [0.717, 1.165) is 11.1 Å². The fourth-order valence-electron chi connectivity index (χ4n) is 2.14. The van der Waals surface area contributed by atoms with Gasteiger partial charge in [-0.1, -0.05) is 56.3 Å². The molecule has 0 spiro atoms. The van der Waals surface area contributed by atoms with Crippen molar-refractivity contribution in [2.24, 2.45) is 0 Å². The van der Waals surface area contributed by atoms with Gasteiger partial charge in [-0.05, 0) is 23.1 Å². The number of para-hydroxylation sites is 1. The Balaban J connectivity index is 2.56. The molecule has 0 bridgehead atoms. The lowest BCUT2D eigenvalue weighted by molar-refractivity contribution is 0.283. The Hall–Kier alpha value is -1.61. The summed E-state index contributed by atoms with van der Waals surface area (Å²) in [6.45, 7) is 4.15. The monoisotopic (exact) mass is 292 g/mol. The lowest BCUT2D eigenvalue weighted by atomic mass is 9.92. The zero-order chi connectivity index (χ0) is 14.8. The number of benzene rings is 2. The molecule has 0 aliphatic heterocycles. The van der Waals surface area contributed by atoms with Gasteiger partial charge >= 0.3 is 7.82 Å². The van der Waals surface area contributed by atoms with Crippen molar-refractivity contribution >= 4 is 7.82 Å². The quantitative estimate of drug-likeness (QED) is 0.837. The van der Waals surface area contributed by atoms with Crippen LogP contribution in [0.1, 0.15) is 25.3 Å². The predicted molar refractivity (Wildman–Crippen MR) is 78.6 cm³/mol. The van der Waals surface area contributed by atoms with E-state index in [2.05, 4.69) is 13.8 Å². The maximum absolute atomic E-state index is 11.1. The van der Waals surface area contributed by atoms with Gasteiger partial charge in [-0.25, -0.2) is 4.57 Å². The van der Waals surface area contributed by atoms with Crippen LogP contribution >= 0.6 is 7.82 Å². The van der Waals surface area contributed by atoms with Crippen LogP contribution in [0, 0.1) is 0 Å². The predicted octanol–water partition coefficient (Wildman–Crippen LogP) is 3.95. The molecule has 0 aliphatic rings. The van der Waals surface area contributed by atoms with Gasteiger partial charge in [-0.3, -0.25) is 9.79 Å². The van der Waals surface area contributed by atoms with Gasteiger partial charge in [-0.15, -0.1) is 0 Å². The minimum atomic E-state index is -4.57. The summed E-state index contributed by atoms with van der Waals surface area (Å²) in [5.74, 6) is 0.489. The summed E-state index contributed by atoms with van der Waals surface area (Å²) in [6, 6.07) is 14.6. The molecule has 0 amide bonds. The number of hydrogen-bond acceptors (Lipinski definition) is 2. The van der Waals surface area contributed by atoms with Crippen molar-refractivity contribution in [2.75, 3.05) is 0 Å². The lowest BCUT2D eigenvalue weighted by Crippen LogP contribution is -1.96. The molecule has 0 heterocycles. The summed E-state index contributed by atoms with van der Waals surface area (Å²) in [4.78, 5) is 18.0. The van der Waals surface area contributed by atoms with E-state index < -0.39 is 7.82 Å². The first-order valence-electron chi connectivity index (χ1n) is 6.32. The molecule has 0 saturated carbocycles. The van der Waals surface area contributed by atoms with E-state index in [1.807, 2.05) is 30.3 Å².